The molecule has 1 atom stereocenters. The molecule has 1 unspecified atom stereocenters. The smallest absolute Gasteiger partial charge is 0.123 e. The van der Waals surface area contributed by atoms with Gasteiger partial charge in [-0.1, -0.05) is 36.4 Å². The van der Waals surface area contributed by atoms with Gasteiger partial charge < -0.3 is 4.74 Å². The third kappa shape index (κ3) is 3.79. The maximum atomic E-state index is 12.9. The molecule has 0 aliphatic heterocycles. The molecule has 3 heteroatoms. The normalized spacial score (nSPS) is 12.4. The summed E-state index contributed by atoms with van der Waals surface area (Å²) in [5.41, 5.74) is 3.12. The molecule has 0 aromatic heterocycles. The summed E-state index contributed by atoms with van der Waals surface area (Å²) in [6, 6.07) is 14.4. The molecular weight excluding hydrogens is 263 g/mol. The molecule has 0 N–H and O–H groups in total. The molecule has 19 heavy (non-hydrogen) atoms. The van der Waals surface area contributed by atoms with Crippen LogP contribution in [0.2, 0.25) is 0 Å². The van der Waals surface area contributed by atoms with Crippen LogP contribution in [-0.4, -0.2) is 13.7 Å². The van der Waals surface area contributed by atoms with Crippen LogP contribution in [-0.2, 0) is 11.2 Å². The highest BCUT2D eigenvalue weighted by Gasteiger charge is 2.10. The molecule has 0 amide bonds. The second-order valence-electron chi connectivity index (χ2n) is 4.40. The van der Waals surface area contributed by atoms with Crippen molar-refractivity contribution in [3.8, 4) is 0 Å². The van der Waals surface area contributed by atoms with Gasteiger partial charge in [0.2, 0.25) is 0 Å². The van der Waals surface area contributed by atoms with E-state index in [1.807, 2.05) is 24.3 Å². The van der Waals surface area contributed by atoms with Crippen molar-refractivity contribution in [2.75, 3.05) is 13.7 Å². The summed E-state index contributed by atoms with van der Waals surface area (Å²) in [5, 5.41) is -0.253. The predicted molar refractivity (Wildman–Crippen MR) is 76.1 cm³/mol. The molecule has 2 aromatic rings. The molecule has 0 radical (unpaired) electrons. The van der Waals surface area contributed by atoms with E-state index < -0.39 is 0 Å². The van der Waals surface area contributed by atoms with Gasteiger partial charge in [0.25, 0.3) is 0 Å². The number of rotatable bonds is 5. The van der Waals surface area contributed by atoms with E-state index in [1.165, 1.54) is 17.7 Å². The average Bonchev–Trinajstić information content (AvgIpc) is 2.46. The molecule has 0 aliphatic carbocycles. The largest absolute Gasteiger partial charge is 0.384 e. The van der Waals surface area contributed by atoms with Crippen LogP contribution >= 0.6 is 11.6 Å². The van der Waals surface area contributed by atoms with Crippen LogP contribution in [0.1, 0.15) is 22.1 Å². The van der Waals surface area contributed by atoms with Gasteiger partial charge in [-0.05, 0) is 35.2 Å². The van der Waals surface area contributed by atoms with Crippen molar-refractivity contribution in [2.45, 2.75) is 11.8 Å². The van der Waals surface area contributed by atoms with Crippen LogP contribution in [0.5, 0.6) is 0 Å². The summed E-state index contributed by atoms with van der Waals surface area (Å²) in [5.74, 6) is -0.248. The second-order valence-corrected chi connectivity index (χ2v) is 4.83. The van der Waals surface area contributed by atoms with Gasteiger partial charge in [-0.3, -0.25) is 0 Å². The first-order valence-electron chi connectivity index (χ1n) is 6.18. The van der Waals surface area contributed by atoms with Crippen LogP contribution in [0.25, 0.3) is 0 Å². The lowest BCUT2D eigenvalue weighted by molar-refractivity contribution is 0.202. The minimum absolute atomic E-state index is 0.248. The van der Waals surface area contributed by atoms with Gasteiger partial charge in [-0.25, -0.2) is 4.39 Å². The quantitative estimate of drug-likeness (QED) is 0.739. The summed E-state index contributed by atoms with van der Waals surface area (Å²) in [4.78, 5) is 0. The van der Waals surface area contributed by atoms with Crippen molar-refractivity contribution in [2.24, 2.45) is 0 Å². The highest BCUT2D eigenvalue weighted by Crippen LogP contribution is 2.28. The van der Waals surface area contributed by atoms with Crippen LogP contribution < -0.4 is 0 Å². The van der Waals surface area contributed by atoms with Gasteiger partial charge in [0.1, 0.15) is 5.82 Å². The Balaban J connectivity index is 2.10. The molecular formula is C16H16ClFO. The number of alkyl halides is 1. The number of hydrogen-bond acceptors (Lipinski definition) is 1. The molecule has 1 nitrogen and oxygen atoms in total. The van der Waals surface area contributed by atoms with E-state index in [-0.39, 0.29) is 11.2 Å². The Morgan fingerprint density at radius 1 is 1.00 bits per heavy atom. The summed E-state index contributed by atoms with van der Waals surface area (Å²) < 4.78 is 17.9. The zero-order chi connectivity index (χ0) is 13.7. The van der Waals surface area contributed by atoms with E-state index in [0.29, 0.717) is 6.61 Å². The molecule has 2 aromatic carbocycles. The first-order valence-corrected chi connectivity index (χ1v) is 6.61. The van der Waals surface area contributed by atoms with Crippen molar-refractivity contribution >= 4 is 11.6 Å². The molecule has 0 fully saturated rings. The summed E-state index contributed by atoms with van der Waals surface area (Å²) >= 11 is 6.39. The lowest BCUT2D eigenvalue weighted by atomic mass is 10.0. The van der Waals surface area contributed by atoms with E-state index in [4.69, 9.17) is 16.3 Å². The lowest BCUT2D eigenvalue weighted by Gasteiger charge is -2.11. The first kappa shape index (κ1) is 14.0. The van der Waals surface area contributed by atoms with Gasteiger partial charge in [0, 0.05) is 7.11 Å². The van der Waals surface area contributed by atoms with Gasteiger partial charge in [-0.2, -0.15) is 0 Å². The molecule has 0 spiro atoms. The Bertz CT molecular complexity index is 507. The van der Waals surface area contributed by atoms with E-state index in [9.17, 15) is 4.39 Å². The summed E-state index contributed by atoms with van der Waals surface area (Å²) in [6.07, 6.45) is 0.889. The van der Waals surface area contributed by atoms with Gasteiger partial charge in [0.15, 0.2) is 0 Å². The highest BCUT2D eigenvalue weighted by atomic mass is 35.5. The third-order valence-electron chi connectivity index (χ3n) is 3.03. The SMILES string of the molecule is COCCc1ccc(C(Cl)c2ccc(F)cc2)cc1. The fourth-order valence-corrected chi connectivity index (χ4v) is 2.19. The van der Waals surface area contributed by atoms with Gasteiger partial charge in [0.05, 0.1) is 12.0 Å². The number of halogens is 2. The van der Waals surface area contributed by atoms with Crippen LogP contribution in [0, 0.1) is 5.82 Å². The zero-order valence-electron chi connectivity index (χ0n) is 10.8. The van der Waals surface area contributed by atoms with Crippen molar-refractivity contribution in [1.82, 2.24) is 0 Å². The predicted octanol–water partition coefficient (Wildman–Crippen LogP) is 4.34. The minimum Gasteiger partial charge on any atom is -0.384 e. The van der Waals surface area contributed by atoms with E-state index in [0.717, 1.165) is 17.5 Å². The Labute approximate surface area is 118 Å². The summed E-state index contributed by atoms with van der Waals surface area (Å²) in [7, 11) is 1.69. The molecule has 2 rings (SSSR count). The second kappa shape index (κ2) is 6.69. The first-order chi connectivity index (χ1) is 9.20. The molecule has 0 saturated carbocycles. The van der Waals surface area contributed by atoms with Gasteiger partial charge >= 0.3 is 0 Å². The van der Waals surface area contributed by atoms with Crippen molar-refractivity contribution in [3.05, 3.63) is 71.0 Å². The monoisotopic (exact) mass is 278 g/mol. The molecule has 0 saturated heterocycles. The number of hydrogen-bond donors (Lipinski definition) is 0. The molecule has 100 valence electrons. The third-order valence-corrected chi connectivity index (χ3v) is 3.53. The van der Waals surface area contributed by atoms with Crippen LogP contribution in [0.15, 0.2) is 48.5 Å². The van der Waals surface area contributed by atoms with Crippen LogP contribution in [0.3, 0.4) is 0 Å². The lowest BCUT2D eigenvalue weighted by Crippen LogP contribution is -1.97. The maximum Gasteiger partial charge on any atom is 0.123 e. The number of methoxy groups -OCH3 is 1. The number of ether oxygens (including phenoxy) is 1. The topological polar surface area (TPSA) is 9.23 Å². The zero-order valence-corrected chi connectivity index (χ0v) is 11.5. The van der Waals surface area contributed by atoms with E-state index in [1.54, 1.807) is 19.2 Å². The Kier molecular flexibility index (Phi) is 4.94. The Morgan fingerprint density at radius 3 is 2.05 bits per heavy atom. The van der Waals surface area contributed by atoms with Crippen LogP contribution in [0.4, 0.5) is 4.39 Å². The number of benzene rings is 2. The summed E-state index contributed by atoms with van der Waals surface area (Å²) in [6.45, 7) is 0.710. The molecule has 0 aliphatic rings. The minimum atomic E-state index is -0.253. The van der Waals surface area contributed by atoms with Crippen molar-refractivity contribution < 1.29 is 9.13 Å². The Hall–Kier alpha value is -1.38. The van der Waals surface area contributed by atoms with E-state index >= 15 is 0 Å². The van der Waals surface area contributed by atoms with Crippen molar-refractivity contribution in [3.63, 3.8) is 0 Å². The van der Waals surface area contributed by atoms with Gasteiger partial charge in [-0.15, -0.1) is 11.6 Å². The van der Waals surface area contributed by atoms with Crippen molar-refractivity contribution in [1.29, 1.82) is 0 Å². The highest BCUT2D eigenvalue weighted by molar-refractivity contribution is 6.22. The maximum absolute atomic E-state index is 12.9. The fraction of sp³-hybridized carbons (Fsp3) is 0.250. The molecule has 0 bridgehead atoms. The Morgan fingerprint density at radius 2 is 1.53 bits per heavy atom. The average molecular weight is 279 g/mol. The van der Waals surface area contributed by atoms with E-state index in [2.05, 4.69) is 0 Å². The molecule has 0 heterocycles. The fourth-order valence-electron chi connectivity index (χ4n) is 1.90. The standard InChI is InChI=1S/C16H16ClFO/c1-19-11-10-12-2-4-13(5-3-12)16(17)14-6-8-15(18)9-7-14/h2-9,16H,10-11H2,1H3.